The van der Waals surface area contributed by atoms with Gasteiger partial charge in [-0.1, -0.05) is 30.3 Å². The van der Waals surface area contributed by atoms with E-state index in [4.69, 9.17) is 9.97 Å². The Balaban J connectivity index is 0.00000145. The Morgan fingerprint density at radius 3 is 1.77 bits per heavy atom. The Hall–Kier alpha value is -3.04. The van der Waals surface area contributed by atoms with Crippen LogP contribution < -0.4 is 10.6 Å². The van der Waals surface area contributed by atoms with Crippen molar-refractivity contribution in [2.45, 2.75) is 100.0 Å². The Kier molecular flexibility index (Phi) is 7.33. The van der Waals surface area contributed by atoms with Crippen LogP contribution in [-0.4, -0.2) is 33.0 Å². The van der Waals surface area contributed by atoms with Crippen molar-refractivity contribution < 1.29 is 0 Å². The van der Waals surface area contributed by atoms with E-state index in [1.165, 1.54) is 91.3 Å². The monoisotopic (exact) mass is 672 g/mol. The average molecular weight is 673 g/mol. The van der Waals surface area contributed by atoms with Gasteiger partial charge in [0.1, 0.15) is 11.6 Å². The topological polar surface area (TPSA) is 81.4 Å². The molecule has 4 heterocycles. The molecule has 2 aromatic heterocycles. The predicted octanol–water partition coefficient (Wildman–Crippen LogP) is 9.63. The lowest BCUT2D eigenvalue weighted by molar-refractivity contribution is 0.613. The quantitative estimate of drug-likeness (QED) is 0.0830. The van der Waals surface area contributed by atoms with Gasteiger partial charge in [-0.2, -0.15) is 0 Å². The van der Waals surface area contributed by atoms with Crippen LogP contribution in [-0.2, 0) is 0 Å². The van der Waals surface area contributed by atoms with Crippen LogP contribution >= 0.6 is 23.3 Å². The van der Waals surface area contributed by atoms with E-state index in [0.717, 1.165) is 42.2 Å². The molecule has 11 rings (SSSR count). The van der Waals surface area contributed by atoms with Gasteiger partial charge in [0.15, 0.2) is 0 Å². The van der Waals surface area contributed by atoms with Gasteiger partial charge in [0.05, 0.1) is 35.0 Å². The molecule has 4 bridgehead atoms. The van der Waals surface area contributed by atoms with Crippen LogP contribution in [0.4, 0.5) is 0 Å². The second kappa shape index (κ2) is 11.8. The van der Waals surface area contributed by atoms with E-state index in [0.29, 0.717) is 35.8 Å². The fourth-order valence-corrected chi connectivity index (χ4v) is 10.8. The highest BCUT2D eigenvalue weighted by Crippen LogP contribution is 2.62. The number of aromatic nitrogens is 4. The van der Waals surface area contributed by atoms with Crippen LogP contribution in [0.15, 0.2) is 48.7 Å². The summed E-state index contributed by atoms with van der Waals surface area (Å²) in [4.78, 5) is 17.3. The zero-order chi connectivity index (χ0) is 31.9. The molecule has 8 heteroatoms. The number of nitrogens with zero attached hydrogens (tertiary/aromatic N) is 2. The van der Waals surface area contributed by atoms with Gasteiger partial charge in [0.2, 0.25) is 0 Å². The zero-order valence-electron chi connectivity index (χ0n) is 27.4. The summed E-state index contributed by atoms with van der Waals surface area (Å²) >= 11 is 6.44. The second-order valence-corrected chi connectivity index (χ2v) is 15.2. The van der Waals surface area contributed by atoms with Crippen LogP contribution in [0.3, 0.4) is 0 Å². The highest BCUT2D eigenvalue weighted by molar-refractivity contribution is 8.59. The van der Waals surface area contributed by atoms with Crippen LogP contribution in [0, 0.1) is 0 Å². The summed E-state index contributed by atoms with van der Waals surface area (Å²) in [6, 6.07) is 17.5. The summed E-state index contributed by atoms with van der Waals surface area (Å²) < 4.78 is 0. The number of imidazole rings is 2. The van der Waals surface area contributed by atoms with Gasteiger partial charge in [-0.05, 0) is 158 Å². The number of benzene rings is 3. The third-order valence-electron chi connectivity index (χ3n) is 12.8. The summed E-state index contributed by atoms with van der Waals surface area (Å²) in [6.07, 6.45) is 14.9. The largest absolute Gasteiger partial charge is 0.341 e. The maximum absolute atomic E-state index is 4.97. The van der Waals surface area contributed by atoms with Crippen molar-refractivity contribution in [1.82, 2.24) is 30.6 Å². The molecule has 6 atom stereocenters. The first-order valence-corrected chi connectivity index (χ1v) is 19.9. The Bertz CT molecular complexity index is 2030. The first-order chi connectivity index (χ1) is 23.8. The predicted molar refractivity (Wildman–Crippen MR) is 201 cm³/mol. The van der Waals surface area contributed by atoms with Crippen molar-refractivity contribution in [2.75, 3.05) is 13.1 Å². The third-order valence-corrected chi connectivity index (χ3v) is 12.8. The molecular formula is C40H44N6S2. The molecule has 0 spiro atoms. The Labute approximate surface area is 292 Å². The highest BCUT2D eigenvalue weighted by atomic mass is 33.1. The van der Waals surface area contributed by atoms with Crippen LogP contribution in [0.2, 0.25) is 0 Å². The van der Waals surface area contributed by atoms with Crippen molar-refractivity contribution >= 4 is 34.4 Å². The first-order valence-electron chi connectivity index (χ1n) is 18.3. The molecule has 0 amide bonds. The molecule has 2 aliphatic heterocycles. The van der Waals surface area contributed by atoms with Crippen LogP contribution in [0.5, 0.6) is 0 Å². The molecule has 6 nitrogen and oxygen atoms in total. The maximum atomic E-state index is 4.97. The molecule has 2 saturated carbocycles. The molecule has 246 valence electrons. The number of nitrogens with one attached hydrogen (secondary N) is 4. The summed E-state index contributed by atoms with van der Waals surface area (Å²) in [6.45, 7) is 2.18. The molecule has 4 N–H and O–H groups in total. The SMILES string of the molecule is SS.c1cc2nc(C3CCCN3)[nH]c2cc1-c1ccc(-c2ccc(-c3cnc(C4CCCN4)[nH]3)c3c2C2CCC3C2)c2c1C1CCC2C1. The minimum absolute atomic E-state index is 0.359. The molecule has 6 unspecified atom stereocenters. The third kappa shape index (κ3) is 4.55. The molecule has 0 radical (unpaired) electrons. The minimum atomic E-state index is 0.359. The number of fused-ring (bicyclic) bond motifs is 11. The molecule has 4 aliphatic carbocycles. The van der Waals surface area contributed by atoms with Crippen molar-refractivity contribution in [3.8, 4) is 33.5 Å². The lowest BCUT2D eigenvalue weighted by Gasteiger charge is -2.27. The maximum Gasteiger partial charge on any atom is 0.124 e. The van der Waals surface area contributed by atoms with E-state index in [1.807, 2.05) is 0 Å². The molecule has 6 aliphatic rings. The minimum Gasteiger partial charge on any atom is -0.341 e. The van der Waals surface area contributed by atoms with E-state index in [9.17, 15) is 0 Å². The molecule has 3 aromatic carbocycles. The molecule has 5 aromatic rings. The van der Waals surface area contributed by atoms with Crippen LogP contribution in [0.1, 0.15) is 134 Å². The van der Waals surface area contributed by atoms with Gasteiger partial charge in [-0.25, -0.2) is 9.97 Å². The van der Waals surface area contributed by atoms with Gasteiger partial charge in [0.25, 0.3) is 0 Å². The summed E-state index contributed by atoms with van der Waals surface area (Å²) in [5.74, 6) is 4.95. The Morgan fingerprint density at radius 2 is 1.15 bits per heavy atom. The van der Waals surface area contributed by atoms with Crippen molar-refractivity contribution in [3.63, 3.8) is 0 Å². The van der Waals surface area contributed by atoms with E-state index in [1.54, 1.807) is 22.3 Å². The summed E-state index contributed by atoms with van der Waals surface area (Å²) in [5.41, 5.74) is 17.3. The van der Waals surface area contributed by atoms with E-state index < -0.39 is 0 Å². The van der Waals surface area contributed by atoms with Gasteiger partial charge >= 0.3 is 0 Å². The van der Waals surface area contributed by atoms with Crippen molar-refractivity contribution in [2.24, 2.45) is 0 Å². The highest BCUT2D eigenvalue weighted by Gasteiger charge is 2.44. The number of rotatable bonds is 5. The van der Waals surface area contributed by atoms with Gasteiger partial charge in [-0.15, -0.1) is 23.3 Å². The number of hydrogen-bond donors (Lipinski definition) is 6. The fraction of sp³-hybridized carbons (Fsp3) is 0.450. The van der Waals surface area contributed by atoms with E-state index in [2.05, 4.69) is 92.6 Å². The van der Waals surface area contributed by atoms with E-state index in [-0.39, 0.29) is 0 Å². The smallest absolute Gasteiger partial charge is 0.124 e. The van der Waals surface area contributed by atoms with Gasteiger partial charge in [0, 0.05) is 5.56 Å². The van der Waals surface area contributed by atoms with Crippen molar-refractivity contribution in [3.05, 3.63) is 82.6 Å². The molecular weight excluding hydrogens is 629 g/mol. The lowest BCUT2D eigenvalue weighted by atomic mass is 9.77. The Morgan fingerprint density at radius 1 is 0.583 bits per heavy atom. The van der Waals surface area contributed by atoms with Crippen molar-refractivity contribution in [1.29, 1.82) is 0 Å². The number of aromatic amines is 2. The molecule has 2 saturated heterocycles. The summed E-state index contributed by atoms with van der Waals surface area (Å²) in [7, 11) is 0. The number of hydrogen-bond acceptors (Lipinski definition) is 6. The summed E-state index contributed by atoms with van der Waals surface area (Å²) in [5, 5.41) is 7.23. The fourth-order valence-electron chi connectivity index (χ4n) is 10.8. The lowest BCUT2D eigenvalue weighted by Crippen LogP contribution is -2.14. The molecule has 4 fully saturated rings. The first kappa shape index (κ1) is 29.8. The standard InChI is InChI=1S/C40H42N6.H2S2/c1-3-31(41-15-1)39-43-20-34(46-39)29-13-12-28(37-24-7-8-25(18-24)38(29)37)27-11-10-26(35-22-5-6-23(17-22)36(27)35)21-9-14-30-33(19-21)45-40(44-30)32-4-2-16-42-32;1-2/h9-14,19-20,22-25,31-32,41-42H,1-8,15-18H2,(H,43,46)(H,44,45);1-2H. The average Bonchev–Trinajstić information content (AvgIpc) is 3.99. The number of thiol groups is 2. The van der Waals surface area contributed by atoms with Gasteiger partial charge in [-0.3, -0.25) is 0 Å². The second-order valence-electron chi connectivity index (χ2n) is 15.2. The zero-order valence-corrected chi connectivity index (χ0v) is 29.1. The number of H-pyrrole nitrogens is 2. The van der Waals surface area contributed by atoms with E-state index >= 15 is 0 Å². The van der Waals surface area contributed by atoms with Crippen LogP contribution in [0.25, 0.3) is 44.5 Å². The normalized spacial score (nSPS) is 27.9. The van der Waals surface area contributed by atoms with Gasteiger partial charge < -0.3 is 20.6 Å². The molecule has 48 heavy (non-hydrogen) atoms.